The van der Waals surface area contributed by atoms with Gasteiger partial charge in [0.25, 0.3) is 0 Å². The highest BCUT2D eigenvalue weighted by atomic mass is 32.2. The zero-order valence-corrected chi connectivity index (χ0v) is 12.7. The van der Waals surface area contributed by atoms with Crippen LogP contribution in [0.2, 0.25) is 0 Å². The van der Waals surface area contributed by atoms with Gasteiger partial charge in [-0.2, -0.15) is 0 Å². The first-order valence-electron chi connectivity index (χ1n) is 6.76. The topological polar surface area (TPSA) is 72.2 Å². The average molecular weight is 300 g/mol. The Balaban J connectivity index is 2.26. The smallest absolute Gasteiger partial charge is 0.240 e. The fraction of sp³-hybridized carbons (Fsp3) is 0.571. The van der Waals surface area contributed by atoms with Crippen molar-refractivity contribution in [2.24, 2.45) is 11.1 Å². The molecule has 1 saturated carbocycles. The molecule has 0 aromatic heterocycles. The van der Waals surface area contributed by atoms with Gasteiger partial charge in [-0.25, -0.2) is 17.5 Å². The summed E-state index contributed by atoms with van der Waals surface area (Å²) in [4.78, 5) is -0.0131. The third kappa shape index (κ3) is 3.02. The van der Waals surface area contributed by atoms with E-state index in [-0.39, 0.29) is 22.4 Å². The highest BCUT2D eigenvalue weighted by Gasteiger charge is 2.33. The van der Waals surface area contributed by atoms with Crippen molar-refractivity contribution in [1.29, 1.82) is 0 Å². The molecule has 20 heavy (non-hydrogen) atoms. The van der Waals surface area contributed by atoms with Crippen LogP contribution in [0.3, 0.4) is 0 Å². The van der Waals surface area contributed by atoms with Gasteiger partial charge in [-0.15, -0.1) is 0 Å². The molecule has 1 aliphatic carbocycles. The first kappa shape index (κ1) is 15.4. The van der Waals surface area contributed by atoms with Crippen molar-refractivity contribution < 1.29 is 12.8 Å². The number of sulfonamides is 1. The van der Waals surface area contributed by atoms with Gasteiger partial charge in [0.05, 0.1) is 4.90 Å². The van der Waals surface area contributed by atoms with Gasteiger partial charge in [-0.05, 0) is 42.9 Å². The molecule has 6 heteroatoms. The second-order valence-corrected chi connectivity index (χ2v) is 7.63. The van der Waals surface area contributed by atoms with Gasteiger partial charge in [0.2, 0.25) is 10.0 Å². The average Bonchev–Trinajstić information content (AvgIpc) is 2.37. The van der Waals surface area contributed by atoms with Crippen LogP contribution in [0.5, 0.6) is 0 Å². The summed E-state index contributed by atoms with van der Waals surface area (Å²) in [6.07, 6.45) is 3.17. The van der Waals surface area contributed by atoms with Crippen LogP contribution < -0.4 is 10.5 Å². The summed E-state index contributed by atoms with van der Waals surface area (Å²) in [5, 5.41) is 0. The number of nitrogens with one attached hydrogen (secondary N) is 1. The van der Waals surface area contributed by atoms with Crippen LogP contribution in [0, 0.1) is 18.2 Å². The predicted molar refractivity (Wildman–Crippen MR) is 76.2 cm³/mol. The molecule has 1 aromatic carbocycles. The molecule has 0 saturated heterocycles. The van der Waals surface area contributed by atoms with E-state index in [2.05, 4.69) is 11.6 Å². The second kappa shape index (κ2) is 5.42. The van der Waals surface area contributed by atoms with Crippen molar-refractivity contribution in [2.45, 2.75) is 44.6 Å². The van der Waals surface area contributed by atoms with E-state index in [0.717, 1.165) is 19.3 Å². The standard InChI is InChI=1S/C14H21FN2O2S/c1-10-12(15)6-11(8-16)7-13(10)20(18,19)17-9-14(2)4-3-5-14/h6-7,17H,3-5,8-9,16H2,1-2H3. The molecule has 0 bridgehead atoms. The molecule has 112 valence electrons. The van der Waals surface area contributed by atoms with E-state index in [1.54, 1.807) is 0 Å². The Labute approximate surface area is 119 Å². The fourth-order valence-electron chi connectivity index (χ4n) is 2.41. The SMILES string of the molecule is Cc1c(F)cc(CN)cc1S(=O)(=O)NCC1(C)CCC1. The highest BCUT2D eigenvalue weighted by Crippen LogP contribution is 2.39. The molecule has 0 aliphatic heterocycles. The third-order valence-corrected chi connectivity index (χ3v) is 5.66. The molecule has 3 N–H and O–H groups in total. The van der Waals surface area contributed by atoms with E-state index in [9.17, 15) is 12.8 Å². The summed E-state index contributed by atoms with van der Waals surface area (Å²) in [5.74, 6) is -0.539. The van der Waals surface area contributed by atoms with Crippen molar-refractivity contribution >= 4 is 10.0 Å². The van der Waals surface area contributed by atoms with Crippen molar-refractivity contribution in [3.8, 4) is 0 Å². The van der Waals surface area contributed by atoms with Crippen LogP contribution in [0.1, 0.15) is 37.3 Å². The Morgan fingerprint density at radius 1 is 1.40 bits per heavy atom. The van der Waals surface area contributed by atoms with Crippen LogP contribution in [0.15, 0.2) is 17.0 Å². The Hall–Kier alpha value is -0.980. The molecular formula is C14H21FN2O2S. The van der Waals surface area contributed by atoms with E-state index in [1.165, 1.54) is 19.1 Å². The van der Waals surface area contributed by atoms with Gasteiger partial charge < -0.3 is 5.73 Å². The van der Waals surface area contributed by atoms with E-state index in [0.29, 0.717) is 12.1 Å². The van der Waals surface area contributed by atoms with Crippen molar-refractivity contribution in [3.63, 3.8) is 0 Å². The second-order valence-electron chi connectivity index (χ2n) is 5.89. The van der Waals surface area contributed by atoms with E-state index in [1.807, 2.05) is 0 Å². The Bertz CT molecular complexity index is 610. The summed E-state index contributed by atoms with van der Waals surface area (Å²) >= 11 is 0. The number of hydrogen-bond acceptors (Lipinski definition) is 3. The normalized spacial score (nSPS) is 17.8. The molecule has 0 spiro atoms. The quantitative estimate of drug-likeness (QED) is 0.874. The molecule has 0 heterocycles. The van der Waals surface area contributed by atoms with Gasteiger partial charge in [0.15, 0.2) is 0 Å². The zero-order chi connectivity index (χ0) is 15.0. The minimum Gasteiger partial charge on any atom is -0.326 e. The van der Waals surface area contributed by atoms with Crippen LogP contribution >= 0.6 is 0 Å². The third-order valence-electron chi connectivity index (χ3n) is 4.13. The maximum atomic E-state index is 13.8. The molecule has 1 aliphatic rings. The van der Waals surface area contributed by atoms with Gasteiger partial charge in [0.1, 0.15) is 5.82 Å². The lowest BCUT2D eigenvalue weighted by Crippen LogP contribution is -2.40. The van der Waals surface area contributed by atoms with Gasteiger partial charge in [0, 0.05) is 18.7 Å². The lowest BCUT2D eigenvalue weighted by atomic mass is 9.71. The van der Waals surface area contributed by atoms with Crippen molar-refractivity contribution in [1.82, 2.24) is 4.72 Å². The van der Waals surface area contributed by atoms with Crippen molar-refractivity contribution in [2.75, 3.05) is 6.54 Å². The predicted octanol–water partition coefficient (Wildman–Crippen LogP) is 2.06. The number of benzene rings is 1. The van der Waals surface area contributed by atoms with E-state index >= 15 is 0 Å². The highest BCUT2D eigenvalue weighted by molar-refractivity contribution is 7.89. The first-order chi connectivity index (χ1) is 9.27. The molecule has 0 unspecified atom stereocenters. The Morgan fingerprint density at radius 3 is 2.55 bits per heavy atom. The van der Waals surface area contributed by atoms with Gasteiger partial charge >= 0.3 is 0 Å². The fourth-order valence-corrected chi connectivity index (χ4v) is 3.91. The van der Waals surface area contributed by atoms with Crippen LogP contribution in [0.25, 0.3) is 0 Å². The number of halogens is 1. The zero-order valence-electron chi connectivity index (χ0n) is 11.9. The largest absolute Gasteiger partial charge is 0.326 e. The molecular weight excluding hydrogens is 279 g/mol. The summed E-state index contributed by atoms with van der Waals surface area (Å²) in [6, 6.07) is 2.73. The van der Waals surface area contributed by atoms with Gasteiger partial charge in [-0.1, -0.05) is 13.3 Å². The summed E-state index contributed by atoms with van der Waals surface area (Å²) in [6.45, 7) is 4.03. The summed E-state index contributed by atoms with van der Waals surface area (Å²) < 4.78 is 41.0. The minimum atomic E-state index is -3.70. The maximum Gasteiger partial charge on any atom is 0.240 e. The maximum absolute atomic E-state index is 13.8. The van der Waals surface area contributed by atoms with E-state index in [4.69, 9.17) is 5.73 Å². The molecule has 1 aromatic rings. The lowest BCUT2D eigenvalue weighted by Gasteiger charge is -2.38. The van der Waals surface area contributed by atoms with Crippen LogP contribution in [-0.2, 0) is 16.6 Å². The molecule has 0 amide bonds. The van der Waals surface area contributed by atoms with Gasteiger partial charge in [-0.3, -0.25) is 0 Å². The number of rotatable bonds is 5. The molecule has 0 radical (unpaired) electrons. The monoisotopic (exact) mass is 300 g/mol. The molecule has 2 rings (SSSR count). The summed E-state index contributed by atoms with van der Waals surface area (Å²) in [7, 11) is -3.70. The summed E-state index contributed by atoms with van der Waals surface area (Å²) in [5.41, 5.74) is 6.11. The number of hydrogen-bond donors (Lipinski definition) is 2. The Kier molecular flexibility index (Phi) is 4.18. The molecule has 4 nitrogen and oxygen atoms in total. The number of nitrogens with two attached hydrogens (primary N) is 1. The minimum absolute atomic E-state index is 0.0131. The Morgan fingerprint density at radius 2 is 2.05 bits per heavy atom. The molecule has 0 atom stereocenters. The van der Waals surface area contributed by atoms with E-state index < -0.39 is 15.8 Å². The van der Waals surface area contributed by atoms with Crippen LogP contribution in [0.4, 0.5) is 4.39 Å². The van der Waals surface area contributed by atoms with Crippen LogP contribution in [-0.4, -0.2) is 15.0 Å². The first-order valence-corrected chi connectivity index (χ1v) is 8.24. The molecule has 1 fully saturated rings. The lowest BCUT2D eigenvalue weighted by molar-refractivity contribution is 0.166. The van der Waals surface area contributed by atoms with Crippen molar-refractivity contribution in [3.05, 3.63) is 29.1 Å².